The van der Waals surface area contributed by atoms with Crippen molar-refractivity contribution in [2.45, 2.75) is 96.4 Å². The van der Waals surface area contributed by atoms with Crippen LogP contribution in [0.15, 0.2) is 114 Å². The van der Waals surface area contributed by atoms with Gasteiger partial charge < -0.3 is 32.7 Å². The van der Waals surface area contributed by atoms with Crippen LogP contribution in [-0.4, -0.2) is 88.4 Å². The van der Waals surface area contributed by atoms with E-state index in [4.69, 9.17) is 32.7 Å². The van der Waals surface area contributed by atoms with Gasteiger partial charge in [-0.25, -0.2) is 9.65 Å². The number of fused-ring (bicyclic) bond motifs is 1. The van der Waals surface area contributed by atoms with E-state index in [2.05, 4.69) is 72.6 Å². The summed E-state index contributed by atoms with van der Waals surface area (Å²) in [6, 6.07) is 35.3. The minimum absolute atomic E-state index is 0.0149. The number of aromatic amines is 1. The Morgan fingerprint density at radius 3 is 2.07 bits per heavy atom. The SMILES string of the molecule is COc1ccc(C(OC[C@H]2O[C@@H](n3cnc4c(=O)[nH]c(NC(=O)COc5ccc(C(C)C)cc5)nc43)C[C@H]2OP(OCCC#N)N(C(C)C)C(C)C)(c2ccccc2)c2ccc(OC)cc2)cc1. The number of carbonyl (C=O) groups is 1. The summed E-state index contributed by atoms with van der Waals surface area (Å²) in [7, 11) is 1.53. The molecule has 16 nitrogen and oxygen atoms in total. The van der Waals surface area contributed by atoms with Crippen LogP contribution in [-0.2, 0) is 28.9 Å². The van der Waals surface area contributed by atoms with Gasteiger partial charge in [-0.3, -0.25) is 24.5 Å². The lowest BCUT2D eigenvalue weighted by atomic mass is 9.80. The number of nitrogens with one attached hydrogen (secondary N) is 2. The van der Waals surface area contributed by atoms with Crippen molar-refractivity contribution in [2.75, 3.05) is 39.4 Å². The second-order valence-electron chi connectivity index (χ2n) is 17.2. The number of nitriles is 1. The predicted octanol–water partition coefficient (Wildman–Crippen LogP) is 9.24. The summed E-state index contributed by atoms with van der Waals surface area (Å²) in [5.41, 5.74) is 2.20. The molecule has 4 atom stereocenters. The zero-order valence-corrected chi connectivity index (χ0v) is 40.6. The Morgan fingerprint density at radius 2 is 1.50 bits per heavy atom. The molecule has 3 heterocycles. The van der Waals surface area contributed by atoms with E-state index in [1.807, 2.05) is 103 Å². The maximum Gasteiger partial charge on any atom is 0.280 e. The first-order valence-electron chi connectivity index (χ1n) is 22.7. The number of methoxy groups -OCH3 is 2. The number of H-pyrrole nitrogens is 1. The number of imidazole rings is 1. The van der Waals surface area contributed by atoms with E-state index < -0.39 is 44.0 Å². The van der Waals surface area contributed by atoms with E-state index in [1.54, 1.807) is 18.8 Å². The lowest BCUT2D eigenvalue weighted by Gasteiger charge is -2.39. The van der Waals surface area contributed by atoms with Gasteiger partial charge in [0, 0.05) is 18.5 Å². The molecule has 1 saturated heterocycles. The van der Waals surface area contributed by atoms with Crippen LogP contribution in [0.3, 0.4) is 0 Å². The van der Waals surface area contributed by atoms with E-state index in [9.17, 15) is 14.9 Å². The van der Waals surface area contributed by atoms with Crippen molar-refractivity contribution < 1.29 is 37.5 Å². The maximum absolute atomic E-state index is 13.5. The molecule has 1 aliphatic heterocycles. The third-order valence-electron chi connectivity index (χ3n) is 11.6. The molecule has 1 amide bonds. The summed E-state index contributed by atoms with van der Waals surface area (Å²) in [6.45, 7) is 12.4. The van der Waals surface area contributed by atoms with Crippen molar-refractivity contribution in [2.24, 2.45) is 0 Å². The molecule has 0 radical (unpaired) electrons. The Bertz CT molecular complexity index is 2620. The number of hydrogen-bond acceptors (Lipinski definition) is 13. The van der Waals surface area contributed by atoms with Crippen molar-refractivity contribution in [1.82, 2.24) is 24.2 Å². The molecule has 7 rings (SSSR count). The summed E-state index contributed by atoms with van der Waals surface area (Å²) in [5.74, 6) is 1.67. The fourth-order valence-corrected chi connectivity index (χ4v) is 10.0. The maximum atomic E-state index is 13.5. The number of hydrogen-bond donors (Lipinski definition) is 2. The third kappa shape index (κ3) is 11.4. The van der Waals surface area contributed by atoms with Crippen molar-refractivity contribution >= 4 is 31.5 Å². The number of aromatic nitrogens is 4. The highest BCUT2D eigenvalue weighted by Crippen LogP contribution is 2.51. The first-order chi connectivity index (χ1) is 32.8. The molecule has 4 aromatic carbocycles. The van der Waals surface area contributed by atoms with Crippen molar-refractivity contribution in [1.29, 1.82) is 5.26 Å². The summed E-state index contributed by atoms with van der Waals surface area (Å²) >= 11 is 0. The fraction of sp³-hybridized carbons (Fsp3) is 0.392. The Kier molecular flexibility index (Phi) is 16.6. The van der Waals surface area contributed by atoms with Gasteiger partial charge in [-0.2, -0.15) is 10.2 Å². The van der Waals surface area contributed by atoms with E-state index in [0.29, 0.717) is 23.2 Å². The van der Waals surface area contributed by atoms with Gasteiger partial charge in [-0.05, 0) is 92.3 Å². The first-order valence-corrected chi connectivity index (χ1v) is 23.9. The van der Waals surface area contributed by atoms with Gasteiger partial charge in [-0.1, -0.05) is 80.6 Å². The van der Waals surface area contributed by atoms with Gasteiger partial charge in [0.1, 0.15) is 35.2 Å². The van der Waals surface area contributed by atoms with Crippen LogP contribution < -0.4 is 25.1 Å². The summed E-state index contributed by atoms with van der Waals surface area (Å²) in [6.07, 6.45) is -0.174. The molecule has 1 aliphatic rings. The highest BCUT2D eigenvalue weighted by molar-refractivity contribution is 7.44. The molecular formula is C51H60N7O9P. The number of rotatable bonds is 22. The molecule has 1 fully saturated rings. The van der Waals surface area contributed by atoms with Crippen LogP contribution in [0.4, 0.5) is 5.95 Å². The lowest BCUT2D eigenvalue weighted by molar-refractivity contribution is -0.118. The standard InChI is InChI=1S/C51H60N7O9P/c1-33(2)36-15-21-42(22-16-36)63-31-45(59)54-50-55-48-47(49(60)56-50)53-32-57(48)46-29-43(67-68(65-28-12-27-52)58(34(3)4)35(5)6)44(66-46)30-64-51(37-13-10-9-11-14-37,38-17-23-40(61-7)24-18-38)39-19-25-41(62-8)26-20-39/h9-11,13-26,32-35,43-44,46H,12,28-31H2,1-8H3,(H2,54,55,56,59,60)/t43-,44-,46-,68?/m1/s1. The molecule has 68 heavy (non-hydrogen) atoms. The number of nitrogens with zero attached hydrogens (tertiary/aromatic N) is 5. The fourth-order valence-electron chi connectivity index (χ4n) is 8.29. The summed E-state index contributed by atoms with van der Waals surface area (Å²) in [5, 5.41) is 12.1. The highest BCUT2D eigenvalue weighted by Gasteiger charge is 2.45. The Balaban J connectivity index is 1.24. The smallest absolute Gasteiger partial charge is 0.280 e. The van der Waals surface area contributed by atoms with Gasteiger partial charge in [0.15, 0.2) is 17.8 Å². The molecule has 358 valence electrons. The zero-order chi connectivity index (χ0) is 48.4. The zero-order valence-electron chi connectivity index (χ0n) is 39.7. The second-order valence-corrected chi connectivity index (χ2v) is 18.6. The van der Waals surface area contributed by atoms with Gasteiger partial charge in [0.2, 0.25) is 5.95 Å². The second kappa shape index (κ2) is 22.7. The molecule has 17 heteroatoms. The lowest BCUT2D eigenvalue weighted by Crippen LogP contribution is -2.39. The monoisotopic (exact) mass is 945 g/mol. The van der Waals surface area contributed by atoms with E-state index in [-0.39, 0.29) is 61.9 Å². The third-order valence-corrected chi connectivity index (χ3v) is 13.8. The van der Waals surface area contributed by atoms with Gasteiger partial charge in [-0.15, -0.1) is 0 Å². The van der Waals surface area contributed by atoms with Gasteiger partial charge >= 0.3 is 0 Å². The Labute approximate surface area is 398 Å². The van der Waals surface area contributed by atoms with Gasteiger partial charge in [0.25, 0.3) is 20.0 Å². The van der Waals surface area contributed by atoms with Gasteiger partial charge in [0.05, 0.1) is 52.4 Å². The van der Waals surface area contributed by atoms with Crippen LogP contribution in [0.1, 0.15) is 88.8 Å². The predicted molar refractivity (Wildman–Crippen MR) is 260 cm³/mol. The van der Waals surface area contributed by atoms with Crippen LogP contribution in [0.25, 0.3) is 11.2 Å². The van der Waals surface area contributed by atoms with Crippen LogP contribution in [0.2, 0.25) is 0 Å². The van der Waals surface area contributed by atoms with Crippen LogP contribution in [0.5, 0.6) is 17.2 Å². The van der Waals surface area contributed by atoms with Crippen molar-refractivity contribution in [3.63, 3.8) is 0 Å². The number of anilines is 1. The van der Waals surface area contributed by atoms with E-state index >= 15 is 0 Å². The van der Waals surface area contributed by atoms with E-state index in [1.165, 1.54) is 6.33 Å². The molecule has 6 aromatic rings. The quantitative estimate of drug-likeness (QED) is 0.0373. The normalized spacial score (nSPS) is 16.7. The largest absolute Gasteiger partial charge is 0.497 e. The molecule has 1 unspecified atom stereocenters. The van der Waals surface area contributed by atoms with Crippen molar-refractivity contribution in [3.8, 4) is 23.3 Å². The Morgan fingerprint density at radius 1 is 0.897 bits per heavy atom. The topological polar surface area (TPSA) is 184 Å². The van der Waals surface area contributed by atoms with Crippen LogP contribution in [0, 0.1) is 11.3 Å². The average molecular weight is 946 g/mol. The summed E-state index contributed by atoms with van der Waals surface area (Å²) < 4.78 is 48.5. The Hall–Kier alpha value is -6.18. The molecule has 0 aliphatic carbocycles. The number of ether oxygens (including phenoxy) is 5. The molecule has 2 aromatic heterocycles. The molecule has 0 saturated carbocycles. The van der Waals surface area contributed by atoms with Crippen LogP contribution >= 0.6 is 8.53 Å². The molecular weight excluding hydrogens is 886 g/mol. The average Bonchev–Trinajstić information content (AvgIpc) is 3.95. The minimum Gasteiger partial charge on any atom is -0.497 e. The number of carbonyl (C=O) groups excluding carboxylic acids is 1. The highest BCUT2D eigenvalue weighted by atomic mass is 31.2. The van der Waals surface area contributed by atoms with E-state index in [0.717, 1.165) is 22.3 Å². The first kappa shape index (κ1) is 49.7. The molecule has 0 spiro atoms. The molecule has 2 N–H and O–H groups in total. The minimum atomic E-state index is -1.73. The number of benzene rings is 4. The number of amides is 1. The van der Waals surface area contributed by atoms with Crippen molar-refractivity contribution in [3.05, 3.63) is 142 Å². The molecule has 0 bridgehead atoms. The summed E-state index contributed by atoms with van der Waals surface area (Å²) in [4.78, 5) is 38.3.